The van der Waals surface area contributed by atoms with E-state index in [2.05, 4.69) is 10.3 Å². The number of aromatic nitrogens is 2. The van der Waals surface area contributed by atoms with Crippen molar-refractivity contribution in [3.05, 3.63) is 21.6 Å². The Kier molecular flexibility index (Phi) is 2.06. The number of anilines is 1. The van der Waals surface area contributed by atoms with E-state index in [9.17, 15) is 4.79 Å². The zero-order valence-electron chi connectivity index (χ0n) is 8.79. The van der Waals surface area contributed by atoms with Gasteiger partial charge in [-0.1, -0.05) is 13.8 Å². The van der Waals surface area contributed by atoms with Gasteiger partial charge in [-0.25, -0.2) is 4.98 Å². The van der Waals surface area contributed by atoms with Gasteiger partial charge in [0.25, 0.3) is 5.56 Å². The second kappa shape index (κ2) is 3.12. The monoisotopic (exact) mass is 193 g/mol. The van der Waals surface area contributed by atoms with Crippen LogP contribution in [0.2, 0.25) is 0 Å². The summed E-state index contributed by atoms with van der Waals surface area (Å²) >= 11 is 0. The van der Waals surface area contributed by atoms with Crippen LogP contribution in [-0.4, -0.2) is 16.1 Å². The van der Waals surface area contributed by atoms with Gasteiger partial charge in [0.1, 0.15) is 0 Å². The Morgan fingerprint density at radius 3 is 2.86 bits per heavy atom. The number of nitrogens with zero attached hydrogens (tertiary/aromatic N) is 2. The summed E-state index contributed by atoms with van der Waals surface area (Å²) in [6.07, 6.45) is 0. The third-order valence-corrected chi connectivity index (χ3v) is 2.59. The lowest BCUT2D eigenvalue weighted by molar-refractivity contribution is 0.714. The minimum atomic E-state index is 0.118. The van der Waals surface area contributed by atoms with Crippen LogP contribution < -0.4 is 10.9 Å². The first-order valence-electron chi connectivity index (χ1n) is 4.96. The van der Waals surface area contributed by atoms with Gasteiger partial charge in [-0.3, -0.25) is 9.36 Å². The third-order valence-electron chi connectivity index (χ3n) is 2.59. The Morgan fingerprint density at radius 2 is 2.21 bits per heavy atom. The summed E-state index contributed by atoms with van der Waals surface area (Å²) in [5, 5.41) is 3.10. The Bertz CT molecular complexity index is 420. The molecule has 2 rings (SSSR count). The van der Waals surface area contributed by atoms with Crippen LogP contribution in [0.15, 0.2) is 4.79 Å². The summed E-state index contributed by atoms with van der Waals surface area (Å²) in [4.78, 5) is 16.4. The summed E-state index contributed by atoms with van der Waals surface area (Å²) in [7, 11) is 0. The quantitative estimate of drug-likeness (QED) is 0.726. The highest BCUT2D eigenvalue weighted by Crippen LogP contribution is 2.16. The van der Waals surface area contributed by atoms with E-state index in [4.69, 9.17) is 0 Å². The van der Waals surface area contributed by atoms with E-state index in [0.29, 0.717) is 0 Å². The van der Waals surface area contributed by atoms with Crippen LogP contribution in [0.3, 0.4) is 0 Å². The molecule has 0 atom stereocenters. The Morgan fingerprint density at radius 1 is 1.50 bits per heavy atom. The molecule has 0 amide bonds. The topological polar surface area (TPSA) is 46.9 Å². The van der Waals surface area contributed by atoms with Crippen molar-refractivity contribution in [3.8, 4) is 0 Å². The molecule has 0 unspecified atom stereocenters. The molecule has 0 saturated carbocycles. The molecule has 4 nitrogen and oxygen atoms in total. The van der Waals surface area contributed by atoms with Crippen molar-refractivity contribution in [1.82, 2.24) is 9.55 Å². The van der Waals surface area contributed by atoms with Gasteiger partial charge >= 0.3 is 0 Å². The molecule has 76 valence electrons. The fourth-order valence-corrected chi connectivity index (χ4v) is 1.96. The SMILES string of the molecule is Cc1nc2n(c(=O)c1C(C)C)CCN2. The lowest BCUT2D eigenvalue weighted by Crippen LogP contribution is -2.25. The maximum Gasteiger partial charge on any atom is 0.258 e. The molecule has 1 aromatic rings. The molecule has 1 N–H and O–H groups in total. The first kappa shape index (κ1) is 9.24. The summed E-state index contributed by atoms with van der Waals surface area (Å²) in [5.41, 5.74) is 1.82. The highest BCUT2D eigenvalue weighted by Gasteiger charge is 2.19. The van der Waals surface area contributed by atoms with Crippen LogP contribution >= 0.6 is 0 Å². The normalized spacial score (nSPS) is 14.3. The lowest BCUT2D eigenvalue weighted by atomic mass is 10.0. The average molecular weight is 193 g/mol. The van der Waals surface area contributed by atoms with Gasteiger partial charge in [-0.2, -0.15) is 0 Å². The maximum atomic E-state index is 12.0. The predicted octanol–water partition coefficient (Wildman–Crippen LogP) is 1.10. The van der Waals surface area contributed by atoms with Crippen LogP contribution in [0.25, 0.3) is 0 Å². The number of aryl methyl sites for hydroxylation is 1. The fraction of sp³-hybridized carbons (Fsp3) is 0.600. The number of fused-ring (bicyclic) bond motifs is 1. The summed E-state index contributed by atoms with van der Waals surface area (Å²) < 4.78 is 1.72. The van der Waals surface area contributed by atoms with Crippen LogP contribution in [0, 0.1) is 6.92 Å². The van der Waals surface area contributed by atoms with E-state index in [1.165, 1.54) is 0 Å². The van der Waals surface area contributed by atoms with Gasteiger partial charge in [0.15, 0.2) is 0 Å². The van der Waals surface area contributed by atoms with Gasteiger partial charge in [0.2, 0.25) is 5.95 Å². The zero-order valence-corrected chi connectivity index (χ0v) is 8.79. The zero-order chi connectivity index (χ0) is 10.3. The van der Waals surface area contributed by atoms with E-state index < -0.39 is 0 Å². The predicted molar refractivity (Wildman–Crippen MR) is 55.8 cm³/mol. The summed E-state index contributed by atoms with van der Waals surface area (Å²) in [6, 6.07) is 0. The van der Waals surface area contributed by atoms with Crippen molar-refractivity contribution in [2.75, 3.05) is 11.9 Å². The molecule has 0 radical (unpaired) electrons. The van der Waals surface area contributed by atoms with Gasteiger partial charge in [-0.05, 0) is 12.8 Å². The Hall–Kier alpha value is -1.32. The minimum Gasteiger partial charge on any atom is -0.354 e. The first-order chi connectivity index (χ1) is 6.61. The summed E-state index contributed by atoms with van der Waals surface area (Å²) in [6.45, 7) is 7.50. The minimum absolute atomic E-state index is 0.118. The van der Waals surface area contributed by atoms with Crippen molar-refractivity contribution in [1.29, 1.82) is 0 Å². The highest BCUT2D eigenvalue weighted by atomic mass is 16.1. The number of rotatable bonds is 1. The van der Waals surface area contributed by atoms with Crippen molar-refractivity contribution < 1.29 is 0 Å². The second-order valence-corrected chi connectivity index (χ2v) is 3.97. The molecule has 0 aromatic carbocycles. The number of nitrogens with one attached hydrogen (secondary N) is 1. The van der Waals surface area contributed by atoms with Crippen LogP contribution in [0.5, 0.6) is 0 Å². The van der Waals surface area contributed by atoms with Crippen LogP contribution in [0.4, 0.5) is 5.95 Å². The van der Waals surface area contributed by atoms with Crippen molar-refractivity contribution in [2.45, 2.75) is 33.2 Å². The van der Waals surface area contributed by atoms with Crippen molar-refractivity contribution >= 4 is 5.95 Å². The lowest BCUT2D eigenvalue weighted by Gasteiger charge is -2.10. The molecular weight excluding hydrogens is 178 g/mol. The van der Waals surface area contributed by atoms with E-state index in [1.54, 1.807) is 4.57 Å². The van der Waals surface area contributed by atoms with Crippen LogP contribution in [-0.2, 0) is 6.54 Å². The van der Waals surface area contributed by atoms with Crippen molar-refractivity contribution in [3.63, 3.8) is 0 Å². The smallest absolute Gasteiger partial charge is 0.258 e. The molecular formula is C10H15N3O. The Balaban J connectivity index is 2.69. The number of hydrogen-bond acceptors (Lipinski definition) is 3. The third kappa shape index (κ3) is 1.22. The number of hydrogen-bond donors (Lipinski definition) is 1. The first-order valence-corrected chi connectivity index (χ1v) is 4.96. The largest absolute Gasteiger partial charge is 0.354 e. The molecule has 1 aliphatic heterocycles. The molecule has 0 spiro atoms. The van der Waals surface area contributed by atoms with Gasteiger partial charge in [-0.15, -0.1) is 0 Å². The maximum absolute atomic E-state index is 12.0. The van der Waals surface area contributed by atoms with E-state index in [1.807, 2.05) is 20.8 Å². The Labute approximate surface area is 83.0 Å². The van der Waals surface area contributed by atoms with Gasteiger partial charge in [0, 0.05) is 18.7 Å². The molecule has 2 heterocycles. The van der Waals surface area contributed by atoms with E-state index in [-0.39, 0.29) is 11.5 Å². The molecule has 0 fully saturated rings. The van der Waals surface area contributed by atoms with Gasteiger partial charge < -0.3 is 5.32 Å². The molecule has 1 aliphatic rings. The molecule has 4 heteroatoms. The molecule has 0 saturated heterocycles. The molecule has 14 heavy (non-hydrogen) atoms. The van der Waals surface area contributed by atoms with E-state index >= 15 is 0 Å². The van der Waals surface area contributed by atoms with E-state index in [0.717, 1.165) is 30.3 Å². The highest BCUT2D eigenvalue weighted by molar-refractivity contribution is 5.35. The average Bonchev–Trinajstić information content (AvgIpc) is 2.50. The second-order valence-electron chi connectivity index (χ2n) is 3.97. The fourth-order valence-electron chi connectivity index (χ4n) is 1.96. The standard InChI is InChI=1S/C10H15N3O/c1-6(2)8-7(3)12-10-11-4-5-13(10)9(8)14/h6H,4-5H2,1-3H3,(H,11,12). The molecule has 1 aromatic heterocycles. The summed E-state index contributed by atoms with van der Waals surface area (Å²) in [5.74, 6) is 0.963. The molecule has 0 bridgehead atoms. The molecule has 0 aliphatic carbocycles. The van der Waals surface area contributed by atoms with Crippen molar-refractivity contribution in [2.24, 2.45) is 0 Å². The van der Waals surface area contributed by atoms with Crippen LogP contribution in [0.1, 0.15) is 31.0 Å². The van der Waals surface area contributed by atoms with Gasteiger partial charge in [0.05, 0.1) is 5.69 Å².